The van der Waals surface area contributed by atoms with Gasteiger partial charge in [0.15, 0.2) is 0 Å². The average molecular weight is 140 g/mol. The van der Waals surface area contributed by atoms with Gasteiger partial charge in [-0.2, -0.15) is 0 Å². The van der Waals surface area contributed by atoms with Crippen LogP contribution in [0.5, 0.6) is 0 Å². The second-order valence-electron chi connectivity index (χ2n) is 1.77. The maximum Gasteiger partial charge on any atom is -0.0346 e. The molecule has 0 aliphatic heterocycles. The van der Waals surface area contributed by atoms with Crippen molar-refractivity contribution >= 4 is 0 Å². The second-order valence-corrected chi connectivity index (χ2v) is 1.77. The Labute approximate surface area is 65.7 Å². The van der Waals surface area contributed by atoms with E-state index in [9.17, 15) is 0 Å². The zero-order valence-electron chi connectivity index (χ0n) is 7.78. The zero-order valence-corrected chi connectivity index (χ0v) is 7.78. The molecular formula is C10H20. The zero-order chi connectivity index (χ0) is 8.41. The van der Waals surface area contributed by atoms with Gasteiger partial charge in [0.2, 0.25) is 0 Å². The molecule has 0 heteroatoms. The van der Waals surface area contributed by atoms with Crippen LogP contribution < -0.4 is 0 Å². The van der Waals surface area contributed by atoms with Gasteiger partial charge in [0.05, 0.1) is 0 Å². The minimum Gasteiger partial charge on any atom is -0.0991 e. The summed E-state index contributed by atoms with van der Waals surface area (Å²) in [5, 5.41) is 0. The Morgan fingerprint density at radius 3 is 1.70 bits per heavy atom. The lowest BCUT2D eigenvalue weighted by Crippen LogP contribution is -1.73. The summed E-state index contributed by atoms with van der Waals surface area (Å²) in [6.07, 6.45) is 6.24. The van der Waals surface area contributed by atoms with Crippen LogP contribution in [-0.2, 0) is 0 Å². The van der Waals surface area contributed by atoms with Gasteiger partial charge >= 0.3 is 0 Å². The molecule has 0 amide bonds. The Kier molecular flexibility index (Phi) is 13.8. The van der Waals surface area contributed by atoms with Crippen molar-refractivity contribution in [2.45, 2.75) is 40.5 Å². The predicted octanol–water partition coefficient (Wildman–Crippen LogP) is 3.95. The quantitative estimate of drug-likeness (QED) is 0.521. The van der Waals surface area contributed by atoms with Crippen molar-refractivity contribution < 1.29 is 0 Å². The van der Waals surface area contributed by atoms with Gasteiger partial charge in [-0.25, -0.2) is 0 Å². The summed E-state index contributed by atoms with van der Waals surface area (Å²) < 4.78 is 0. The molecule has 0 fully saturated rings. The standard InChI is InChI=1S/C8H14.C2H6/c1-4-7-8(5-2)6-3;1-2/h4,7H,1,5-6H2,2-3H3;1-2H3. The maximum atomic E-state index is 3.62. The maximum absolute atomic E-state index is 3.62. The van der Waals surface area contributed by atoms with E-state index in [0.29, 0.717) is 0 Å². The molecule has 0 saturated heterocycles. The first kappa shape index (κ1) is 12.2. The molecule has 0 nitrogen and oxygen atoms in total. The lowest BCUT2D eigenvalue weighted by atomic mass is 10.1. The van der Waals surface area contributed by atoms with Crippen molar-refractivity contribution in [3.05, 3.63) is 24.3 Å². The Hall–Kier alpha value is -0.520. The van der Waals surface area contributed by atoms with Gasteiger partial charge in [-0.05, 0) is 12.8 Å². The topological polar surface area (TPSA) is 0 Å². The highest BCUT2D eigenvalue weighted by molar-refractivity contribution is 5.08. The summed E-state index contributed by atoms with van der Waals surface area (Å²) in [7, 11) is 0. The van der Waals surface area contributed by atoms with E-state index >= 15 is 0 Å². The highest BCUT2D eigenvalue weighted by Gasteiger charge is 1.83. The van der Waals surface area contributed by atoms with Crippen molar-refractivity contribution in [2.24, 2.45) is 0 Å². The van der Waals surface area contributed by atoms with Crippen LogP contribution in [0.4, 0.5) is 0 Å². The fourth-order valence-electron chi connectivity index (χ4n) is 0.652. The van der Waals surface area contributed by atoms with Crippen molar-refractivity contribution in [3.8, 4) is 0 Å². The fourth-order valence-corrected chi connectivity index (χ4v) is 0.652. The Morgan fingerprint density at radius 2 is 1.60 bits per heavy atom. The number of hydrogen-bond acceptors (Lipinski definition) is 0. The Balaban J connectivity index is 0. The van der Waals surface area contributed by atoms with E-state index in [-0.39, 0.29) is 0 Å². The minimum absolute atomic E-state index is 1.16. The normalized spacial score (nSPS) is 7.20. The third-order valence-electron chi connectivity index (χ3n) is 1.26. The van der Waals surface area contributed by atoms with Crippen molar-refractivity contribution in [3.63, 3.8) is 0 Å². The van der Waals surface area contributed by atoms with Crippen molar-refractivity contribution in [1.29, 1.82) is 0 Å². The molecule has 0 aromatic rings. The van der Waals surface area contributed by atoms with Crippen molar-refractivity contribution in [1.82, 2.24) is 0 Å². The molecule has 0 atom stereocenters. The third kappa shape index (κ3) is 7.48. The summed E-state index contributed by atoms with van der Waals surface area (Å²) in [4.78, 5) is 0. The summed E-state index contributed by atoms with van der Waals surface area (Å²) in [5.74, 6) is 0. The molecule has 60 valence electrons. The predicted molar refractivity (Wildman–Crippen MR) is 50.2 cm³/mol. The van der Waals surface area contributed by atoms with Crippen LogP contribution in [0.2, 0.25) is 0 Å². The number of allylic oxidation sites excluding steroid dienone is 3. The molecule has 0 radical (unpaired) electrons. The van der Waals surface area contributed by atoms with Crippen LogP contribution in [0.25, 0.3) is 0 Å². The van der Waals surface area contributed by atoms with E-state index in [1.54, 1.807) is 0 Å². The molecule has 0 bridgehead atoms. The molecule has 0 heterocycles. The first-order chi connectivity index (χ1) is 4.85. The summed E-state index contributed by atoms with van der Waals surface area (Å²) in [5.41, 5.74) is 1.47. The Bertz CT molecular complexity index is 82.2. The molecule has 0 aromatic carbocycles. The third-order valence-corrected chi connectivity index (χ3v) is 1.26. The molecular weight excluding hydrogens is 120 g/mol. The van der Waals surface area contributed by atoms with E-state index < -0.39 is 0 Å². The largest absolute Gasteiger partial charge is 0.0991 e. The van der Waals surface area contributed by atoms with E-state index in [1.165, 1.54) is 5.57 Å². The molecule has 0 spiro atoms. The van der Waals surface area contributed by atoms with Gasteiger partial charge in [0, 0.05) is 0 Å². The molecule has 0 unspecified atom stereocenters. The minimum atomic E-state index is 1.16. The van der Waals surface area contributed by atoms with Crippen LogP contribution in [-0.4, -0.2) is 0 Å². The molecule has 0 saturated carbocycles. The van der Waals surface area contributed by atoms with Gasteiger partial charge in [-0.1, -0.05) is 52.0 Å². The van der Waals surface area contributed by atoms with E-state index in [1.807, 2.05) is 19.9 Å². The average Bonchev–Trinajstić information content (AvgIpc) is 2.04. The molecule has 0 aliphatic carbocycles. The van der Waals surface area contributed by atoms with Gasteiger partial charge in [0.1, 0.15) is 0 Å². The van der Waals surface area contributed by atoms with Gasteiger partial charge in [-0.15, -0.1) is 0 Å². The SMILES string of the molecule is C=CC=C(CC)CC.CC. The number of rotatable bonds is 3. The van der Waals surface area contributed by atoms with Crippen molar-refractivity contribution in [2.75, 3.05) is 0 Å². The van der Waals surface area contributed by atoms with Gasteiger partial charge in [-0.3, -0.25) is 0 Å². The summed E-state index contributed by atoms with van der Waals surface area (Å²) in [6, 6.07) is 0. The van der Waals surface area contributed by atoms with Crippen LogP contribution in [0.3, 0.4) is 0 Å². The Morgan fingerprint density at radius 1 is 1.20 bits per heavy atom. The highest BCUT2D eigenvalue weighted by atomic mass is 13.9. The lowest BCUT2D eigenvalue weighted by Gasteiger charge is -1.93. The van der Waals surface area contributed by atoms with Crippen LogP contribution in [0.1, 0.15) is 40.5 Å². The number of hydrogen-bond donors (Lipinski definition) is 0. The van der Waals surface area contributed by atoms with E-state index in [0.717, 1.165) is 12.8 Å². The summed E-state index contributed by atoms with van der Waals surface area (Å²) in [6.45, 7) is 12.0. The smallest absolute Gasteiger partial charge is 0.0346 e. The summed E-state index contributed by atoms with van der Waals surface area (Å²) >= 11 is 0. The van der Waals surface area contributed by atoms with Gasteiger partial charge < -0.3 is 0 Å². The molecule has 0 rings (SSSR count). The highest BCUT2D eigenvalue weighted by Crippen LogP contribution is 2.03. The monoisotopic (exact) mass is 140 g/mol. The van der Waals surface area contributed by atoms with Crippen LogP contribution >= 0.6 is 0 Å². The first-order valence-electron chi connectivity index (χ1n) is 4.15. The van der Waals surface area contributed by atoms with Gasteiger partial charge in [0.25, 0.3) is 0 Å². The molecule has 10 heavy (non-hydrogen) atoms. The fraction of sp³-hybridized carbons (Fsp3) is 0.600. The molecule has 0 aromatic heterocycles. The van der Waals surface area contributed by atoms with Crippen LogP contribution in [0.15, 0.2) is 24.3 Å². The molecule has 0 aliphatic rings. The first-order valence-corrected chi connectivity index (χ1v) is 4.15. The lowest BCUT2D eigenvalue weighted by molar-refractivity contribution is 0.978. The molecule has 0 N–H and O–H groups in total. The second kappa shape index (κ2) is 11.3. The van der Waals surface area contributed by atoms with E-state index in [2.05, 4.69) is 26.5 Å². The van der Waals surface area contributed by atoms with E-state index in [4.69, 9.17) is 0 Å². The van der Waals surface area contributed by atoms with Crippen LogP contribution in [0, 0.1) is 0 Å².